The van der Waals surface area contributed by atoms with Gasteiger partial charge >= 0.3 is 0 Å². The summed E-state index contributed by atoms with van der Waals surface area (Å²) < 4.78 is 12.7. The molecule has 1 aromatic carbocycles. The van der Waals surface area contributed by atoms with E-state index in [2.05, 4.69) is 36.4 Å². The van der Waals surface area contributed by atoms with Crippen LogP contribution in [0.2, 0.25) is 0 Å². The summed E-state index contributed by atoms with van der Waals surface area (Å²) in [6.07, 6.45) is 0.838. The summed E-state index contributed by atoms with van der Waals surface area (Å²) in [6.45, 7) is 7.01. The molecular weight excluding hydrogens is 229 g/mol. The number of nitrogens with zero attached hydrogens (tertiary/aromatic N) is 1. The Kier molecular flexibility index (Phi) is 5.13. The van der Waals surface area contributed by atoms with E-state index in [0.29, 0.717) is 0 Å². The van der Waals surface area contributed by atoms with Gasteiger partial charge in [-0.25, -0.2) is 4.39 Å². The Morgan fingerprint density at radius 2 is 1.83 bits per heavy atom. The van der Waals surface area contributed by atoms with Crippen LogP contribution in [0.5, 0.6) is 0 Å². The first-order valence-corrected chi connectivity index (χ1v) is 6.14. The van der Waals surface area contributed by atoms with Crippen molar-refractivity contribution in [1.82, 2.24) is 10.6 Å². The minimum absolute atomic E-state index is 0.0162. The van der Waals surface area contributed by atoms with Crippen LogP contribution >= 0.6 is 0 Å². The molecule has 4 heteroatoms. The van der Waals surface area contributed by atoms with E-state index in [1.54, 1.807) is 19.2 Å². The third-order valence-corrected chi connectivity index (χ3v) is 2.34. The zero-order valence-corrected chi connectivity index (χ0v) is 11.5. The van der Waals surface area contributed by atoms with Gasteiger partial charge in [0.15, 0.2) is 5.96 Å². The highest BCUT2D eigenvalue weighted by atomic mass is 19.1. The molecule has 1 rings (SSSR count). The van der Waals surface area contributed by atoms with Crippen molar-refractivity contribution in [1.29, 1.82) is 0 Å². The highest BCUT2D eigenvalue weighted by Crippen LogP contribution is 2.03. The number of guanidine groups is 1. The maximum Gasteiger partial charge on any atom is 0.191 e. The quantitative estimate of drug-likeness (QED) is 0.639. The smallest absolute Gasteiger partial charge is 0.191 e. The van der Waals surface area contributed by atoms with Crippen LogP contribution < -0.4 is 10.6 Å². The Morgan fingerprint density at radius 1 is 1.22 bits per heavy atom. The Bertz CT molecular complexity index is 390. The van der Waals surface area contributed by atoms with Crippen molar-refractivity contribution in [2.45, 2.75) is 32.7 Å². The fraction of sp³-hybridized carbons (Fsp3) is 0.500. The third kappa shape index (κ3) is 5.66. The Morgan fingerprint density at radius 3 is 2.33 bits per heavy atom. The summed E-state index contributed by atoms with van der Waals surface area (Å²) in [5.74, 6) is 0.585. The minimum Gasteiger partial charge on any atom is -0.356 e. The fourth-order valence-corrected chi connectivity index (χ4v) is 1.51. The highest BCUT2D eigenvalue weighted by Gasteiger charge is 2.11. The number of benzene rings is 1. The molecule has 100 valence electrons. The van der Waals surface area contributed by atoms with Gasteiger partial charge in [0.25, 0.3) is 0 Å². The molecule has 0 atom stereocenters. The molecule has 0 saturated heterocycles. The lowest BCUT2D eigenvalue weighted by Gasteiger charge is -2.23. The average molecular weight is 251 g/mol. The Balaban J connectivity index is 2.38. The summed E-state index contributed by atoms with van der Waals surface area (Å²) >= 11 is 0. The molecule has 0 spiro atoms. The first kappa shape index (κ1) is 14.5. The standard InChI is InChI=1S/C14H22FN3/c1-14(2,3)18-13(16-4)17-10-9-11-5-7-12(15)8-6-11/h5-8H,9-10H2,1-4H3,(H2,16,17,18). The van der Waals surface area contributed by atoms with Crippen molar-refractivity contribution in [3.05, 3.63) is 35.6 Å². The van der Waals surface area contributed by atoms with Crippen molar-refractivity contribution in [3.8, 4) is 0 Å². The van der Waals surface area contributed by atoms with Crippen molar-refractivity contribution >= 4 is 5.96 Å². The molecule has 0 fully saturated rings. The molecule has 0 aliphatic carbocycles. The van der Waals surface area contributed by atoms with Gasteiger partial charge in [-0.1, -0.05) is 12.1 Å². The SMILES string of the molecule is CN=C(NCCc1ccc(F)cc1)NC(C)(C)C. The second-order valence-electron chi connectivity index (χ2n) is 5.25. The van der Waals surface area contributed by atoms with Gasteiger partial charge in [-0.3, -0.25) is 4.99 Å². The van der Waals surface area contributed by atoms with Crippen LogP contribution in [-0.2, 0) is 6.42 Å². The second-order valence-corrected chi connectivity index (χ2v) is 5.25. The van der Waals surface area contributed by atoms with E-state index in [4.69, 9.17) is 0 Å². The molecule has 0 aromatic heterocycles. The molecule has 0 amide bonds. The lowest BCUT2D eigenvalue weighted by Crippen LogP contribution is -2.48. The zero-order valence-electron chi connectivity index (χ0n) is 11.5. The summed E-state index contributed by atoms with van der Waals surface area (Å²) in [5.41, 5.74) is 1.09. The Labute approximate surface area is 109 Å². The molecule has 0 heterocycles. The largest absolute Gasteiger partial charge is 0.356 e. The highest BCUT2D eigenvalue weighted by molar-refractivity contribution is 5.80. The maximum atomic E-state index is 12.7. The second kappa shape index (κ2) is 6.38. The number of aliphatic imine (C=N–C) groups is 1. The number of hydrogen-bond donors (Lipinski definition) is 2. The summed E-state index contributed by atoms with van der Waals surface area (Å²) in [6, 6.07) is 6.57. The van der Waals surface area contributed by atoms with Gasteiger partial charge < -0.3 is 10.6 Å². The number of nitrogens with one attached hydrogen (secondary N) is 2. The van der Waals surface area contributed by atoms with Crippen molar-refractivity contribution in [2.75, 3.05) is 13.6 Å². The van der Waals surface area contributed by atoms with Gasteiger partial charge in [0.05, 0.1) is 0 Å². The first-order valence-electron chi connectivity index (χ1n) is 6.14. The normalized spacial score (nSPS) is 12.4. The van der Waals surface area contributed by atoms with Crippen LogP contribution in [-0.4, -0.2) is 25.1 Å². The van der Waals surface area contributed by atoms with Crippen LogP contribution in [0, 0.1) is 5.82 Å². The van der Waals surface area contributed by atoms with Crippen LogP contribution in [0.25, 0.3) is 0 Å². The van der Waals surface area contributed by atoms with Gasteiger partial charge in [-0.2, -0.15) is 0 Å². The van der Waals surface area contributed by atoms with Crippen LogP contribution in [0.1, 0.15) is 26.3 Å². The molecule has 0 radical (unpaired) electrons. The fourth-order valence-electron chi connectivity index (χ4n) is 1.51. The van der Waals surface area contributed by atoms with E-state index in [0.717, 1.165) is 24.5 Å². The van der Waals surface area contributed by atoms with E-state index < -0.39 is 0 Å². The molecule has 0 aliphatic heterocycles. The van der Waals surface area contributed by atoms with E-state index >= 15 is 0 Å². The number of hydrogen-bond acceptors (Lipinski definition) is 1. The van der Waals surface area contributed by atoms with E-state index in [1.807, 2.05) is 0 Å². The average Bonchev–Trinajstić information content (AvgIpc) is 2.29. The van der Waals surface area contributed by atoms with Gasteiger partial charge in [0.1, 0.15) is 5.82 Å². The maximum absolute atomic E-state index is 12.7. The molecule has 1 aromatic rings. The van der Waals surface area contributed by atoms with Crippen molar-refractivity contribution in [3.63, 3.8) is 0 Å². The van der Waals surface area contributed by atoms with Gasteiger partial charge in [-0.05, 0) is 44.9 Å². The minimum atomic E-state index is -0.197. The molecule has 0 aliphatic rings. The molecular formula is C14H22FN3. The molecule has 3 nitrogen and oxygen atoms in total. The summed E-state index contributed by atoms with van der Waals surface area (Å²) in [7, 11) is 1.75. The lowest BCUT2D eigenvalue weighted by molar-refractivity contribution is 0.501. The van der Waals surface area contributed by atoms with E-state index in [1.165, 1.54) is 12.1 Å². The summed E-state index contributed by atoms with van der Waals surface area (Å²) in [4.78, 5) is 4.15. The van der Waals surface area contributed by atoms with Crippen LogP contribution in [0.3, 0.4) is 0 Å². The number of halogens is 1. The predicted octanol–water partition coefficient (Wildman–Crippen LogP) is 2.33. The molecule has 0 bridgehead atoms. The van der Waals surface area contributed by atoms with Crippen molar-refractivity contribution in [2.24, 2.45) is 4.99 Å². The van der Waals surface area contributed by atoms with Gasteiger partial charge in [0.2, 0.25) is 0 Å². The van der Waals surface area contributed by atoms with E-state index in [-0.39, 0.29) is 11.4 Å². The topological polar surface area (TPSA) is 36.4 Å². The third-order valence-electron chi connectivity index (χ3n) is 2.34. The molecule has 0 unspecified atom stereocenters. The van der Waals surface area contributed by atoms with Crippen molar-refractivity contribution < 1.29 is 4.39 Å². The Hall–Kier alpha value is -1.58. The lowest BCUT2D eigenvalue weighted by atomic mass is 10.1. The van der Waals surface area contributed by atoms with Gasteiger partial charge in [-0.15, -0.1) is 0 Å². The van der Waals surface area contributed by atoms with Crippen LogP contribution in [0.15, 0.2) is 29.3 Å². The molecule has 18 heavy (non-hydrogen) atoms. The van der Waals surface area contributed by atoms with Gasteiger partial charge in [0, 0.05) is 19.1 Å². The number of rotatable bonds is 3. The first-order chi connectivity index (χ1) is 8.40. The zero-order chi connectivity index (χ0) is 13.6. The molecule has 2 N–H and O–H groups in total. The van der Waals surface area contributed by atoms with E-state index in [9.17, 15) is 4.39 Å². The van der Waals surface area contributed by atoms with Crippen LogP contribution in [0.4, 0.5) is 4.39 Å². The monoisotopic (exact) mass is 251 g/mol. The molecule has 0 saturated carbocycles. The summed E-state index contributed by atoms with van der Waals surface area (Å²) in [5, 5.41) is 6.51. The predicted molar refractivity (Wildman–Crippen MR) is 74.4 cm³/mol.